The minimum absolute atomic E-state index is 0.0827. The van der Waals surface area contributed by atoms with Gasteiger partial charge in [-0.3, -0.25) is 19.4 Å². The zero-order chi connectivity index (χ0) is 22.5. The highest BCUT2D eigenvalue weighted by Gasteiger charge is 2.56. The highest BCUT2D eigenvalue weighted by atomic mass is 16.2. The van der Waals surface area contributed by atoms with Crippen molar-refractivity contribution in [3.8, 4) is 0 Å². The number of likely N-dealkylation sites (tertiary alicyclic amines) is 1. The largest absolute Gasteiger partial charge is 0.332 e. The van der Waals surface area contributed by atoms with Gasteiger partial charge in [-0.1, -0.05) is 12.8 Å². The Morgan fingerprint density at radius 2 is 1.76 bits per heavy atom. The van der Waals surface area contributed by atoms with Gasteiger partial charge in [0.15, 0.2) is 0 Å². The number of pyridine rings is 1. The lowest BCUT2D eigenvalue weighted by Crippen LogP contribution is -2.40. The number of fused-ring (bicyclic) bond motifs is 2. The van der Waals surface area contributed by atoms with Crippen molar-refractivity contribution in [1.29, 1.82) is 0 Å². The van der Waals surface area contributed by atoms with Crippen LogP contribution in [0.4, 0.5) is 0 Å². The van der Waals surface area contributed by atoms with Crippen LogP contribution in [0.15, 0.2) is 29.3 Å². The van der Waals surface area contributed by atoms with Gasteiger partial charge in [-0.25, -0.2) is 4.98 Å². The summed E-state index contributed by atoms with van der Waals surface area (Å²) in [6.45, 7) is 1.52. The number of hydrogen-bond acceptors (Lipinski definition) is 5. The summed E-state index contributed by atoms with van der Waals surface area (Å²) in [7, 11) is 0. The summed E-state index contributed by atoms with van der Waals surface area (Å²) in [5, 5.41) is 0. The second kappa shape index (κ2) is 8.08. The second-order valence-electron chi connectivity index (χ2n) is 9.92. The van der Waals surface area contributed by atoms with Crippen LogP contribution >= 0.6 is 0 Å². The third kappa shape index (κ3) is 3.56. The van der Waals surface area contributed by atoms with Gasteiger partial charge in [0.1, 0.15) is 5.82 Å². The topological polar surface area (TPSA) is 99.3 Å². The predicted molar refractivity (Wildman–Crippen MR) is 120 cm³/mol. The summed E-state index contributed by atoms with van der Waals surface area (Å²) in [4.78, 5) is 54.7. The molecule has 2 saturated carbocycles. The first-order valence-corrected chi connectivity index (χ1v) is 12.2. The molecule has 4 aliphatic rings. The molecule has 6 rings (SSSR count). The van der Waals surface area contributed by atoms with Crippen LogP contribution in [-0.4, -0.2) is 49.7 Å². The molecule has 0 spiro atoms. The zero-order valence-corrected chi connectivity index (χ0v) is 18.7. The predicted octanol–water partition coefficient (Wildman–Crippen LogP) is 2.46. The highest BCUT2D eigenvalue weighted by Crippen LogP contribution is 2.56. The molecule has 3 fully saturated rings. The van der Waals surface area contributed by atoms with Gasteiger partial charge in [0.25, 0.3) is 11.5 Å². The first-order chi connectivity index (χ1) is 16.1. The second-order valence-corrected chi connectivity index (χ2v) is 9.92. The first-order valence-electron chi connectivity index (χ1n) is 12.2. The minimum Gasteiger partial charge on any atom is -0.332 e. The Hall–Kier alpha value is -3.03. The summed E-state index contributed by atoms with van der Waals surface area (Å²) in [6.07, 6.45) is 10.3. The van der Waals surface area contributed by atoms with Crippen LogP contribution in [0.2, 0.25) is 0 Å². The lowest BCUT2D eigenvalue weighted by Gasteiger charge is -2.29. The van der Waals surface area contributed by atoms with E-state index in [2.05, 4.69) is 9.97 Å². The van der Waals surface area contributed by atoms with E-state index in [1.54, 1.807) is 29.4 Å². The molecule has 2 aromatic rings. The standard InChI is InChI=1S/C25H29N5O3/c31-23-18-9-13-29(24(32)15-7-10-26-11-8-15)14-19(18)27-22(28-23)20-6-3-12-30(20)25(33)21-16-4-1-2-5-17(16)21/h7-8,10-11,16-17,20-21H,1-6,9,12-14H2,(H,27,28,31). The van der Waals surface area contributed by atoms with E-state index in [0.29, 0.717) is 54.0 Å². The highest BCUT2D eigenvalue weighted by molar-refractivity contribution is 5.94. The fourth-order valence-corrected chi connectivity index (χ4v) is 6.33. The lowest BCUT2D eigenvalue weighted by atomic mass is 10.0. The summed E-state index contributed by atoms with van der Waals surface area (Å²) < 4.78 is 0. The Kier molecular flexibility index (Phi) is 5.03. The molecule has 172 valence electrons. The van der Waals surface area contributed by atoms with Crippen molar-refractivity contribution in [2.45, 2.75) is 57.5 Å². The van der Waals surface area contributed by atoms with Crippen molar-refractivity contribution in [2.75, 3.05) is 13.1 Å². The van der Waals surface area contributed by atoms with Crippen molar-refractivity contribution in [3.63, 3.8) is 0 Å². The molecule has 3 atom stereocenters. The molecule has 33 heavy (non-hydrogen) atoms. The quantitative estimate of drug-likeness (QED) is 0.779. The molecular weight excluding hydrogens is 418 g/mol. The number of nitrogens with one attached hydrogen (secondary N) is 1. The maximum atomic E-state index is 13.4. The third-order valence-corrected chi connectivity index (χ3v) is 8.10. The number of carbonyl (C=O) groups is 2. The SMILES string of the molecule is O=C(c1ccncc1)N1CCc2c(nc(C3CCCN3C(=O)C3C4CCCCC43)[nH]c2=O)C1. The molecule has 8 nitrogen and oxygen atoms in total. The molecule has 8 heteroatoms. The van der Waals surface area contributed by atoms with Crippen molar-refractivity contribution in [3.05, 3.63) is 57.5 Å². The Bertz CT molecular complexity index is 1130. The number of hydrogen-bond donors (Lipinski definition) is 1. The van der Waals surface area contributed by atoms with Crippen LogP contribution in [0, 0.1) is 17.8 Å². The molecule has 2 amide bonds. The van der Waals surface area contributed by atoms with Gasteiger partial charge in [0.05, 0.1) is 18.3 Å². The number of amides is 2. The molecule has 3 unspecified atom stereocenters. The van der Waals surface area contributed by atoms with E-state index < -0.39 is 0 Å². The Labute approximate surface area is 192 Å². The van der Waals surface area contributed by atoms with Gasteiger partial charge in [0.2, 0.25) is 5.91 Å². The van der Waals surface area contributed by atoms with Crippen LogP contribution in [-0.2, 0) is 17.8 Å². The molecule has 2 aromatic heterocycles. The summed E-state index contributed by atoms with van der Waals surface area (Å²) in [5.41, 5.74) is 1.76. The first kappa shape index (κ1) is 20.6. The molecule has 1 saturated heterocycles. The van der Waals surface area contributed by atoms with Gasteiger partial charge in [-0.05, 0) is 56.1 Å². The van der Waals surface area contributed by atoms with Gasteiger partial charge in [0, 0.05) is 42.5 Å². The van der Waals surface area contributed by atoms with E-state index >= 15 is 0 Å². The Morgan fingerprint density at radius 3 is 2.52 bits per heavy atom. The number of carbonyl (C=O) groups excluding carboxylic acids is 2. The maximum Gasteiger partial charge on any atom is 0.254 e. The van der Waals surface area contributed by atoms with Gasteiger partial charge in [-0.2, -0.15) is 0 Å². The van der Waals surface area contributed by atoms with Crippen LogP contribution in [0.3, 0.4) is 0 Å². The molecule has 1 N–H and O–H groups in total. The summed E-state index contributed by atoms with van der Waals surface area (Å²) in [6, 6.07) is 3.22. The fourth-order valence-electron chi connectivity index (χ4n) is 6.33. The smallest absolute Gasteiger partial charge is 0.254 e. The average molecular weight is 448 g/mol. The maximum absolute atomic E-state index is 13.4. The van der Waals surface area contributed by atoms with E-state index in [0.717, 1.165) is 19.4 Å². The molecule has 0 bridgehead atoms. The number of aromatic amines is 1. The third-order valence-electron chi connectivity index (χ3n) is 8.10. The van der Waals surface area contributed by atoms with Crippen LogP contribution in [0.1, 0.15) is 72.0 Å². The van der Waals surface area contributed by atoms with Crippen LogP contribution in [0.25, 0.3) is 0 Å². The van der Waals surface area contributed by atoms with Crippen molar-refractivity contribution in [2.24, 2.45) is 17.8 Å². The molecule has 0 radical (unpaired) electrons. The molecule has 4 heterocycles. The Balaban J connectivity index is 1.24. The van der Waals surface area contributed by atoms with E-state index in [9.17, 15) is 14.4 Å². The summed E-state index contributed by atoms with van der Waals surface area (Å²) >= 11 is 0. The van der Waals surface area contributed by atoms with E-state index in [4.69, 9.17) is 4.98 Å². The van der Waals surface area contributed by atoms with Crippen molar-refractivity contribution in [1.82, 2.24) is 24.8 Å². The molecule has 0 aromatic carbocycles. The normalized spacial score (nSPS) is 28.2. The zero-order valence-electron chi connectivity index (χ0n) is 18.7. The number of H-pyrrole nitrogens is 1. The molecule has 2 aliphatic heterocycles. The van der Waals surface area contributed by atoms with E-state index in [1.807, 2.05) is 4.90 Å². The van der Waals surface area contributed by atoms with Gasteiger partial charge in [-0.15, -0.1) is 0 Å². The fraction of sp³-hybridized carbons (Fsp3) is 0.560. The van der Waals surface area contributed by atoms with Crippen molar-refractivity contribution >= 4 is 11.8 Å². The lowest BCUT2D eigenvalue weighted by molar-refractivity contribution is -0.134. The minimum atomic E-state index is -0.176. The summed E-state index contributed by atoms with van der Waals surface area (Å²) in [5.74, 6) is 2.05. The van der Waals surface area contributed by atoms with Crippen molar-refractivity contribution < 1.29 is 9.59 Å². The van der Waals surface area contributed by atoms with Crippen LogP contribution < -0.4 is 5.56 Å². The van der Waals surface area contributed by atoms with E-state index in [-0.39, 0.29) is 29.3 Å². The Morgan fingerprint density at radius 1 is 1.00 bits per heavy atom. The van der Waals surface area contributed by atoms with Gasteiger partial charge < -0.3 is 14.8 Å². The van der Waals surface area contributed by atoms with Crippen LogP contribution in [0.5, 0.6) is 0 Å². The number of rotatable bonds is 3. The number of aromatic nitrogens is 3. The molecular formula is C25H29N5O3. The monoisotopic (exact) mass is 447 g/mol. The number of nitrogens with zero attached hydrogens (tertiary/aromatic N) is 4. The van der Waals surface area contributed by atoms with Gasteiger partial charge >= 0.3 is 0 Å². The molecule has 2 aliphatic carbocycles. The average Bonchev–Trinajstić information content (AvgIpc) is 3.37. The van der Waals surface area contributed by atoms with E-state index in [1.165, 1.54) is 25.7 Å².